The van der Waals surface area contributed by atoms with Gasteiger partial charge in [0.05, 0.1) is 0 Å². The maximum absolute atomic E-state index is 11.8. The normalized spacial score (nSPS) is 41.0. The minimum absolute atomic E-state index is 0.202. The van der Waals surface area contributed by atoms with E-state index in [4.69, 9.17) is 5.73 Å². The maximum Gasteiger partial charge on any atom is 0.223 e. The monoisotopic (exact) mass is 196 g/mol. The van der Waals surface area contributed by atoms with Gasteiger partial charge in [-0.25, -0.2) is 0 Å². The van der Waals surface area contributed by atoms with Crippen molar-refractivity contribution >= 4 is 5.91 Å². The first kappa shape index (κ1) is 9.97. The molecule has 4 atom stereocenters. The van der Waals surface area contributed by atoms with Crippen molar-refractivity contribution in [2.75, 3.05) is 6.54 Å². The van der Waals surface area contributed by atoms with Gasteiger partial charge >= 0.3 is 0 Å². The molecule has 14 heavy (non-hydrogen) atoms. The molecule has 0 heterocycles. The first-order chi connectivity index (χ1) is 6.72. The summed E-state index contributed by atoms with van der Waals surface area (Å²) in [6.07, 6.45) is 4.50. The Morgan fingerprint density at radius 1 is 1.50 bits per heavy atom. The lowest BCUT2D eigenvalue weighted by molar-refractivity contribution is -0.126. The van der Waals surface area contributed by atoms with Gasteiger partial charge in [-0.3, -0.25) is 4.79 Å². The topological polar surface area (TPSA) is 55.1 Å². The van der Waals surface area contributed by atoms with E-state index in [1.54, 1.807) is 0 Å². The first-order valence-electron chi connectivity index (χ1n) is 5.72. The van der Waals surface area contributed by atoms with Gasteiger partial charge in [-0.05, 0) is 37.6 Å². The van der Waals surface area contributed by atoms with E-state index < -0.39 is 0 Å². The van der Waals surface area contributed by atoms with Crippen LogP contribution in [0.1, 0.15) is 32.6 Å². The summed E-state index contributed by atoms with van der Waals surface area (Å²) in [6.45, 7) is 2.85. The molecule has 0 saturated heterocycles. The van der Waals surface area contributed by atoms with Crippen LogP contribution < -0.4 is 11.1 Å². The summed E-state index contributed by atoms with van der Waals surface area (Å²) in [4.78, 5) is 11.8. The summed E-state index contributed by atoms with van der Waals surface area (Å²) in [6, 6.07) is 0.460. The molecular formula is C11H20N2O. The van der Waals surface area contributed by atoms with Gasteiger partial charge in [0, 0.05) is 12.0 Å². The summed E-state index contributed by atoms with van der Waals surface area (Å²) < 4.78 is 0. The smallest absolute Gasteiger partial charge is 0.223 e. The predicted octanol–water partition coefficient (Wildman–Crippen LogP) is 0.886. The van der Waals surface area contributed by atoms with Gasteiger partial charge in [0.2, 0.25) is 5.91 Å². The Bertz CT molecular complexity index is 229. The van der Waals surface area contributed by atoms with E-state index in [2.05, 4.69) is 12.2 Å². The Morgan fingerprint density at radius 3 is 2.79 bits per heavy atom. The maximum atomic E-state index is 11.8. The summed E-state index contributed by atoms with van der Waals surface area (Å²) in [5.74, 6) is 1.58. The molecule has 3 heteroatoms. The van der Waals surface area contributed by atoms with Crippen molar-refractivity contribution in [1.82, 2.24) is 5.32 Å². The molecular weight excluding hydrogens is 176 g/mol. The lowest BCUT2D eigenvalue weighted by Gasteiger charge is -2.17. The fourth-order valence-corrected chi connectivity index (χ4v) is 2.48. The van der Waals surface area contributed by atoms with Crippen LogP contribution in [0.15, 0.2) is 0 Å². The highest BCUT2D eigenvalue weighted by molar-refractivity contribution is 5.80. The molecule has 0 aromatic heterocycles. The van der Waals surface area contributed by atoms with Crippen LogP contribution >= 0.6 is 0 Å². The van der Waals surface area contributed by atoms with Crippen molar-refractivity contribution in [2.24, 2.45) is 23.5 Å². The molecule has 0 bridgehead atoms. The van der Waals surface area contributed by atoms with E-state index in [9.17, 15) is 4.79 Å². The van der Waals surface area contributed by atoms with Gasteiger partial charge in [0.15, 0.2) is 0 Å². The fourth-order valence-electron chi connectivity index (χ4n) is 2.48. The first-order valence-corrected chi connectivity index (χ1v) is 5.72. The zero-order valence-corrected chi connectivity index (χ0v) is 8.83. The number of nitrogens with one attached hydrogen (secondary N) is 1. The Hall–Kier alpha value is -0.570. The number of hydrogen-bond donors (Lipinski definition) is 2. The molecule has 2 aliphatic rings. The minimum atomic E-state index is 0.202. The average Bonchev–Trinajstić information content (AvgIpc) is 2.72. The van der Waals surface area contributed by atoms with Crippen LogP contribution in [-0.4, -0.2) is 18.5 Å². The largest absolute Gasteiger partial charge is 0.353 e. The fraction of sp³-hybridized carbons (Fsp3) is 0.909. The number of hydrogen-bond acceptors (Lipinski definition) is 2. The van der Waals surface area contributed by atoms with E-state index in [1.807, 2.05) is 0 Å². The van der Waals surface area contributed by atoms with Crippen LogP contribution in [0.2, 0.25) is 0 Å². The van der Waals surface area contributed by atoms with Crippen LogP contribution in [0.5, 0.6) is 0 Å². The zero-order valence-electron chi connectivity index (χ0n) is 8.83. The van der Waals surface area contributed by atoms with Gasteiger partial charge in [0.1, 0.15) is 0 Å². The molecule has 2 fully saturated rings. The number of rotatable bonds is 3. The Balaban J connectivity index is 1.84. The third kappa shape index (κ3) is 1.92. The summed E-state index contributed by atoms with van der Waals surface area (Å²) in [7, 11) is 0. The summed E-state index contributed by atoms with van der Waals surface area (Å²) in [5, 5.41) is 3.12. The highest BCUT2D eigenvalue weighted by Crippen LogP contribution is 2.34. The molecule has 2 aliphatic carbocycles. The SMILES string of the molecule is CC1CC1NC(=O)C1CCCC1CN. The molecule has 0 aromatic rings. The lowest BCUT2D eigenvalue weighted by Crippen LogP contribution is -2.36. The van der Waals surface area contributed by atoms with Crippen molar-refractivity contribution < 1.29 is 4.79 Å². The van der Waals surface area contributed by atoms with Crippen molar-refractivity contribution in [1.29, 1.82) is 0 Å². The second-order valence-electron chi connectivity index (χ2n) is 4.86. The van der Waals surface area contributed by atoms with Crippen LogP contribution in [0.4, 0.5) is 0 Å². The van der Waals surface area contributed by atoms with Gasteiger partial charge < -0.3 is 11.1 Å². The van der Waals surface area contributed by atoms with Crippen LogP contribution in [-0.2, 0) is 4.79 Å². The Labute approximate surface area is 85.4 Å². The highest BCUT2D eigenvalue weighted by Gasteiger charge is 2.38. The second-order valence-corrected chi connectivity index (χ2v) is 4.86. The molecule has 0 spiro atoms. The Kier molecular flexibility index (Phi) is 2.77. The van der Waals surface area contributed by atoms with Crippen LogP contribution in [0, 0.1) is 17.8 Å². The van der Waals surface area contributed by atoms with E-state index in [1.165, 1.54) is 6.42 Å². The van der Waals surface area contributed by atoms with E-state index in [0.29, 0.717) is 24.4 Å². The molecule has 2 saturated carbocycles. The van der Waals surface area contributed by atoms with Crippen LogP contribution in [0.3, 0.4) is 0 Å². The standard InChI is InChI=1S/C11H20N2O/c1-7-5-10(7)13-11(14)9-4-2-3-8(9)6-12/h7-10H,2-6,12H2,1H3,(H,13,14). The molecule has 1 amide bonds. The third-order valence-electron chi connectivity index (χ3n) is 3.74. The summed E-state index contributed by atoms with van der Waals surface area (Å²) in [5.41, 5.74) is 5.66. The van der Waals surface area contributed by atoms with Crippen molar-refractivity contribution in [3.05, 3.63) is 0 Å². The summed E-state index contributed by atoms with van der Waals surface area (Å²) >= 11 is 0. The number of nitrogens with two attached hydrogens (primary N) is 1. The molecule has 2 rings (SSSR count). The molecule has 0 aromatic carbocycles. The van der Waals surface area contributed by atoms with Gasteiger partial charge in [-0.15, -0.1) is 0 Å². The number of carbonyl (C=O) groups is 1. The van der Waals surface area contributed by atoms with Gasteiger partial charge in [-0.2, -0.15) is 0 Å². The van der Waals surface area contributed by atoms with E-state index in [-0.39, 0.29) is 11.8 Å². The average molecular weight is 196 g/mol. The molecule has 3 nitrogen and oxygen atoms in total. The molecule has 0 radical (unpaired) electrons. The van der Waals surface area contributed by atoms with Gasteiger partial charge in [0.25, 0.3) is 0 Å². The second kappa shape index (κ2) is 3.89. The van der Waals surface area contributed by atoms with Crippen molar-refractivity contribution in [2.45, 2.75) is 38.6 Å². The molecule has 4 unspecified atom stereocenters. The lowest BCUT2D eigenvalue weighted by atomic mass is 9.95. The van der Waals surface area contributed by atoms with Crippen LogP contribution in [0.25, 0.3) is 0 Å². The van der Waals surface area contributed by atoms with Crippen molar-refractivity contribution in [3.63, 3.8) is 0 Å². The quantitative estimate of drug-likeness (QED) is 0.704. The van der Waals surface area contributed by atoms with Gasteiger partial charge in [-0.1, -0.05) is 13.3 Å². The molecule has 80 valence electrons. The minimum Gasteiger partial charge on any atom is -0.353 e. The highest BCUT2D eigenvalue weighted by atomic mass is 16.2. The molecule has 0 aliphatic heterocycles. The Morgan fingerprint density at radius 2 is 2.21 bits per heavy atom. The van der Waals surface area contributed by atoms with Crippen molar-refractivity contribution in [3.8, 4) is 0 Å². The van der Waals surface area contributed by atoms with E-state index >= 15 is 0 Å². The molecule has 3 N–H and O–H groups in total. The van der Waals surface area contributed by atoms with E-state index in [0.717, 1.165) is 19.3 Å². The number of amides is 1. The number of carbonyl (C=O) groups excluding carboxylic acids is 1. The predicted molar refractivity (Wildman–Crippen MR) is 55.6 cm³/mol. The third-order valence-corrected chi connectivity index (χ3v) is 3.74. The zero-order chi connectivity index (χ0) is 10.1.